The number of benzene rings is 1. The summed E-state index contributed by atoms with van der Waals surface area (Å²) in [5.41, 5.74) is 6.58. The van der Waals surface area contributed by atoms with Crippen LogP contribution in [-0.2, 0) is 16.3 Å². The monoisotopic (exact) mass is 283 g/mol. The molecule has 0 radical (unpaired) electrons. The zero-order valence-corrected chi connectivity index (χ0v) is 11.6. The van der Waals surface area contributed by atoms with E-state index in [1.54, 1.807) is 12.1 Å². The molecular formula is C13H17NO4S. The Balaban J connectivity index is 2.09. The molecule has 1 saturated carbocycles. The van der Waals surface area contributed by atoms with Gasteiger partial charge < -0.3 is 15.2 Å². The first kappa shape index (κ1) is 12.7. The molecule has 1 fully saturated rings. The van der Waals surface area contributed by atoms with E-state index in [1.165, 1.54) is 6.26 Å². The molecule has 3 rings (SSSR count). The Bertz CT molecular complexity index is 620. The summed E-state index contributed by atoms with van der Waals surface area (Å²) in [7, 11) is -3.30. The Morgan fingerprint density at radius 1 is 1.21 bits per heavy atom. The maximum atomic E-state index is 11.9. The third-order valence-electron chi connectivity index (χ3n) is 3.56. The van der Waals surface area contributed by atoms with Crippen LogP contribution in [0.5, 0.6) is 11.5 Å². The summed E-state index contributed by atoms with van der Waals surface area (Å²) in [4.78, 5) is 0.300. The van der Waals surface area contributed by atoms with E-state index in [-0.39, 0.29) is 5.54 Å². The van der Waals surface area contributed by atoms with Gasteiger partial charge >= 0.3 is 0 Å². The van der Waals surface area contributed by atoms with Crippen LogP contribution in [0, 0.1) is 0 Å². The molecule has 1 aromatic carbocycles. The smallest absolute Gasteiger partial charge is 0.175 e. The molecule has 5 nitrogen and oxygen atoms in total. The largest absolute Gasteiger partial charge is 0.486 e. The van der Waals surface area contributed by atoms with Gasteiger partial charge in [0.25, 0.3) is 0 Å². The van der Waals surface area contributed by atoms with Gasteiger partial charge in [0, 0.05) is 17.9 Å². The first-order valence-electron chi connectivity index (χ1n) is 6.29. The number of sulfone groups is 1. The van der Waals surface area contributed by atoms with Crippen LogP contribution < -0.4 is 15.2 Å². The van der Waals surface area contributed by atoms with E-state index < -0.39 is 9.84 Å². The molecule has 19 heavy (non-hydrogen) atoms. The number of fused-ring (bicyclic) bond motifs is 1. The number of rotatable bonds is 3. The molecule has 0 saturated heterocycles. The van der Waals surface area contributed by atoms with Crippen molar-refractivity contribution in [3.8, 4) is 11.5 Å². The molecule has 6 heteroatoms. The van der Waals surface area contributed by atoms with Crippen LogP contribution >= 0.6 is 0 Å². The molecule has 1 heterocycles. The van der Waals surface area contributed by atoms with Gasteiger partial charge in [-0.15, -0.1) is 0 Å². The Morgan fingerprint density at radius 2 is 1.79 bits per heavy atom. The first-order chi connectivity index (χ1) is 8.87. The molecule has 0 aromatic heterocycles. The van der Waals surface area contributed by atoms with Crippen molar-refractivity contribution in [2.75, 3.05) is 19.5 Å². The highest BCUT2D eigenvalue weighted by Crippen LogP contribution is 2.41. The molecule has 1 aliphatic heterocycles. The minimum absolute atomic E-state index is 0.247. The minimum Gasteiger partial charge on any atom is -0.486 e. The lowest BCUT2D eigenvalue weighted by Crippen LogP contribution is -2.26. The van der Waals surface area contributed by atoms with Crippen LogP contribution in [0.4, 0.5) is 0 Å². The van der Waals surface area contributed by atoms with Gasteiger partial charge in [-0.05, 0) is 30.9 Å². The lowest BCUT2D eigenvalue weighted by atomic mass is 10.0. The second kappa shape index (κ2) is 4.11. The van der Waals surface area contributed by atoms with Crippen LogP contribution in [0.25, 0.3) is 0 Å². The van der Waals surface area contributed by atoms with E-state index in [0.29, 0.717) is 36.0 Å². The normalized spacial score (nSPS) is 20.1. The minimum atomic E-state index is -3.30. The van der Waals surface area contributed by atoms with E-state index in [4.69, 9.17) is 15.2 Å². The van der Waals surface area contributed by atoms with Gasteiger partial charge in [0.1, 0.15) is 13.2 Å². The maximum absolute atomic E-state index is 11.9. The molecule has 0 atom stereocenters. The van der Waals surface area contributed by atoms with Crippen molar-refractivity contribution in [1.82, 2.24) is 0 Å². The van der Waals surface area contributed by atoms with E-state index in [1.807, 2.05) is 0 Å². The summed E-state index contributed by atoms with van der Waals surface area (Å²) < 4.78 is 34.8. The Hall–Kier alpha value is -1.27. The third kappa shape index (κ3) is 2.55. The average Bonchev–Trinajstić information content (AvgIpc) is 3.04. The Labute approximate surface area is 112 Å². The quantitative estimate of drug-likeness (QED) is 0.891. The number of hydrogen-bond donors (Lipinski definition) is 1. The number of nitrogens with two attached hydrogens (primary N) is 1. The third-order valence-corrected chi connectivity index (χ3v) is 4.74. The predicted molar refractivity (Wildman–Crippen MR) is 70.4 cm³/mol. The van der Waals surface area contributed by atoms with Gasteiger partial charge in [-0.2, -0.15) is 0 Å². The summed E-state index contributed by atoms with van der Waals surface area (Å²) in [6.45, 7) is 0.925. The molecule has 0 bridgehead atoms. The average molecular weight is 283 g/mol. The van der Waals surface area contributed by atoms with E-state index >= 15 is 0 Å². The summed E-state index contributed by atoms with van der Waals surface area (Å²) in [6.07, 6.45) is 3.64. The topological polar surface area (TPSA) is 78.6 Å². The van der Waals surface area contributed by atoms with Crippen molar-refractivity contribution in [2.45, 2.75) is 29.7 Å². The van der Waals surface area contributed by atoms with Crippen LogP contribution in [0.2, 0.25) is 0 Å². The first-order valence-corrected chi connectivity index (χ1v) is 8.18. The van der Waals surface area contributed by atoms with Gasteiger partial charge in [-0.1, -0.05) is 0 Å². The van der Waals surface area contributed by atoms with Crippen molar-refractivity contribution in [1.29, 1.82) is 0 Å². The molecule has 1 aromatic rings. The highest BCUT2D eigenvalue weighted by Gasteiger charge is 2.39. The van der Waals surface area contributed by atoms with E-state index in [9.17, 15) is 8.42 Å². The maximum Gasteiger partial charge on any atom is 0.175 e. The van der Waals surface area contributed by atoms with Crippen LogP contribution in [0.1, 0.15) is 18.4 Å². The van der Waals surface area contributed by atoms with Gasteiger partial charge in [0.2, 0.25) is 0 Å². The van der Waals surface area contributed by atoms with Crippen molar-refractivity contribution in [3.63, 3.8) is 0 Å². The van der Waals surface area contributed by atoms with Crippen LogP contribution in [-0.4, -0.2) is 33.4 Å². The highest BCUT2D eigenvalue weighted by molar-refractivity contribution is 7.90. The van der Waals surface area contributed by atoms with Gasteiger partial charge in [-0.3, -0.25) is 0 Å². The number of ether oxygens (including phenoxy) is 2. The molecule has 0 unspecified atom stereocenters. The van der Waals surface area contributed by atoms with Gasteiger partial charge in [-0.25, -0.2) is 8.42 Å². The summed E-state index contributed by atoms with van der Waals surface area (Å²) in [6, 6.07) is 3.32. The molecule has 104 valence electrons. The van der Waals surface area contributed by atoms with Crippen molar-refractivity contribution in [2.24, 2.45) is 5.73 Å². The molecule has 0 amide bonds. The lowest BCUT2D eigenvalue weighted by Gasteiger charge is -2.21. The fraction of sp³-hybridized carbons (Fsp3) is 0.538. The Morgan fingerprint density at radius 3 is 2.32 bits per heavy atom. The van der Waals surface area contributed by atoms with Gasteiger partial charge in [0.15, 0.2) is 21.3 Å². The fourth-order valence-electron chi connectivity index (χ4n) is 2.31. The summed E-state index contributed by atoms with van der Waals surface area (Å²) >= 11 is 0. The molecule has 0 spiro atoms. The number of hydrogen-bond acceptors (Lipinski definition) is 5. The summed E-state index contributed by atoms with van der Waals surface area (Å²) in [5.74, 6) is 1.11. The van der Waals surface area contributed by atoms with Gasteiger partial charge in [0.05, 0.1) is 4.90 Å². The summed E-state index contributed by atoms with van der Waals surface area (Å²) in [5, 5.41) is 0. The van der Waals surface area contributed by atoms with Crippen molar-refractivity contribution < 1.29 is 17.9 Å². The van der Waals surface area contributed by atoms with Crippen LogP contribution in [0.3, 0.4) is 0 Å². The van der Waals surface area contributed by atoms with E-state index in [2.05, 4.69) is 0 Å². The zero-order chi connectivity index (χ0) is 13.7. The van der Waals surface area contributed by atoms with Crippen molar-refractivity contribution in [3.05, 3.63) is 17.7 Å². The molecule has 2 aliphatic rings. The molecule has 1 aliphatic carbocycles. The molecule has 2 N–H and O–H groups in total. The lowest BCUT2D eigenvalue weighted by molar-refractivity contribution is 0.170. The zero-order valence-electron chi connectivity index (χ0n) is 10.8. The fourth-order valence-corrected chi connectivity index (χ4v) is 3.24. The second-order valence-electron chi connectivity index (χ2n) is 5.41. The Kier molecular flexibility index (Phi) is 2.76. The van der Waals surface area contributed by atoms with Crippen LogP contribution in [0.15, 0.2) is 17.0 Å². The SMILES string of the molecule is CS(=O)(=O)c1cc2c(cc1CC1(N)CC1)OCCO2. The molecular weight excluding hydrogens is 266 g/mol. The van der Waals surface area contributed by atoms with Crippen molar-refractivity contribution >= 4 is 9.84 Å². The highest BCUT2D eigenvalue weighted by atomic mass is 32.2. The van der Waals surface area contributed by atoms with E-state index in [0.717, 1.165) is 18.4 Å². The predicted octanol–water partition coefficient (Wildman–Crippen LogP) is 0.895. The second-order valence-corrected chi connectivity index (χ2v) is 7.40. The standard InChI is InChI=1S/C13H17NO4S/c1-19(15,16)12-7-11-10(17-4-5-18-11)6-9(12)8-13(14)2-3-13/h6-7H,2-5,8,14H2,1H3.